The van der Waals surface area contributed by atoms with E-state index in [1.165, 1.54) is 19.3 Å². The van der Waals surface area contributed by atoms with Crippen molar-refractivity contribution in [1.29, 1.82) is 0 Å². The van der Waals surface area contributed by atoms with Crippen molar-refractivity contribution in [3.8, 4) is 5.75 Å². The number of phenolic OH excluding ortho intramolecular Hbond substituents is 1. The lowest BCUT2D eigenvalue weighted by atomic mass is 9.79. The van der Waals surface area contributed by atoms with Gasteiger partial charge in [0.25, 0.3) is 0 Å². The predicted molar refractivity (Wildman–Crippen MR) is 79.4 cm³/mol. The summed E-state index contributed by atoms with van der Waals surface area (Å²) in [5.74, 6) is 0.339. The summed E-state index contributed by atoms with van der Waals surface area (Å²) in [7, 11) is 1.96. The van der Waals surface area contributed by atoms with Crippen molar-refractivity contribution in [2.75, 3.05) is 7.05 Å². The van der Waals surface area contributed by atoms with Crippen molar-refractivity contribution in [2.45, 2.75) is 50.6 Å². The average molecular weight is 276 g/mol. The number of nitrogens with one attached hydrogen (secondary N) is 2. The molecule has 0 saturated heterocycles. The first-order valence-corrected chi connectivity index (χ1v) is 7.37. The summed E-state index contributed by atoms with van der Waals surface area (Å²) < 4.78 is 0. The minimum atomic E-state index is -0.0166. The van der Waals surface area contributed by atoms with Crippen LogP contribution in [0.3, 0.4) is 0 Å². The van der Waals surface area contributed by atoms with Crippen LogP contribution in [0.25, 0.3) is 0 Å². The van der Waals surface area contributed by atoms with Crippen LogP contribution in [0.2, 0.25) is 0 Å². The van der Waals surface area contributed by atoms with Gasteiger partial charge in [-0.1, -0.05) is 31.4 Å². The van der Waals surface area contributed by atoms with Gasteiger partial charge in [0.15, 0.2) is 0 Å². The van der Waals surface area contributed by atoms with Crippen LogP contribution in [0.4, 0.5) is 0 Å². The molecule has 1 aliphatic rings. The van der Waals surface area contributed by atoms with Gasteiger partial charge in [-0.3, -0.25) is 4.79 Å². The van der Waals surface area contributed by atoms with Crippen LogP contribution in [0, 0.1) is 0 Å². The molecule has 1 fully saturated rings. The molecule has 1 aromatic carbocycles. The first kappa shape index (κ1) is 14.9. The van der Waals surface area contributed by atoms with Crippen molar-refractivity contribution in [2.24, 2.45) is 0 Å². The number of phenols is 1. The number of benzene rings is 1. The molecule has 0 heterocycles. The molecular weight excluding hydrogens is 252 g/mol. The number of hydrogen-bond donors (Lipinski definition) is 3. The predicted octanol–water partition coefficient (Wildman–Crippen LogP) is 2.32. The van der Waals surface area contributed by atoms with Gasteiger partial charge in [0.05, 0.1) is 0 Å². The number of carbonyl (C=O) groups excluding carboxylic acids is 1. The van der Waals surface area contributed by atoms with E-state index < -0.39 is 0 Å². The molecule has 4 heteroatoms. The molecule has 0 atom stereocenters. The van der Waals surface area contributed by atoms with Crippen molar-refractivity contribution < 1.29 is 9.90 Å². The Morgan fingerprint density at radius 1 is 1.20 bits per heavy atom. The second-order valence-electron chi connectivity index (χ2n) is 5.71. The SMILES string of the molecule is CNC1(CC(=O)NCc2ccc(O)cc2)CCCCC1. The zero-order chi connectivity index (χ0) is 14.4. The van der Waals surface area contributed by atoms with E-state index in [-0.39, 0.29) is 17.2 Å². The van der Waals surface area contributed by atoms with Gasteiger partial charge in [-0.05, 0) is 37.6 Å². The number of hydrogen-bond acceptors (Lipinski definition) is 3. The Morgan fingerprint density at radius 3 is 2.45 bits per heavy atom. The molecule has 0 aliphatic heterocycles. The molecule has 0 spiro atoms. The van der Waals surface area contributed by atoms with Crippen LogP contribution >= 0.6 is 0 Å². The monoisotopic (exact) mass is 276 g/mol. The normalized spacial score (nSPS) is 17.6. The molecule has 1 aromatic rings. The summed E-state index contributed by atoms with van der Waals surface area (Å²) in [6.07, 6.45) is 6.38. The van der Waals surface area contributed by atoms with E-state index >= 15 is 0 Å². The van der Waals surface area contributed by atoms with Gasteiger partial charge in [0.2, 0.25) is 5.91 Å². The molecule has 0 radical (unpaired) electrons. The van der Waals surface area contributed by atoms with Crippen LogP contribution in [0.5, 0.6) is 5.75 Å². The third kappa shape index (κ3) is 3.97. The minimum Gasteiger partial charge on any atom is -0.508 e. The van der Waals surface area contributed by atoms with Crippen LogP contribution in [-0.4, -0.2) is 23.6 Å². The average Bonchev–Trinajstić information content (AvgIpc) is 2.47. The maximum Gasteiger partial charge on any atom is 0.222 e. The van der Waals surface area contributed by atoms with Gasteiger partial charge in [-0.25, -0.2) is 0 Å². The third-order valence-corrected chi connectivity index (χ3v) is 4.27. The van der Waals surface area contributed by atoms with Crippen LogP contribution < -0.4 is 10.6 Å². The maximum atomic E-state index is 12.1. The Kier molecular flexibility index (Phi) is 5.01. The Hall–Kier alpha value is -1.55. The highest BCUT2D eigenvalue weighted by atomic mass is 16.3. The molecular formula is C16H24N2O2. The Morgan fingerprint density at radius 2 is 1.85 bits per heavy atom. The highest BCUT2D eigenvalue weighted by molar-refractivity contribution is 5.77. The van der Waals surface area contributed by atoms with Crippen LogP contribution in [0.15, 0.2) is 24.3 Å². The van der Waals surface area contributed by atoms with Gasteiger partial charge in [0, 0.05) is 18.5 Å². The van der Waals surface area contributed by atoms with E-state index in [2.05, 4.69) is 10.6 Å². The zero-order valence-electron chi connectivity index (χ0n) is 12.1. The van der Waals surface area contributed by atoms with Gasteiger partial charge < -0.3 is 15.7 Å². The Labute approximate surface area is 120 Å². The van der Waals surface area contributed by atoms with E-state index in [1.54, 1.807) is 12.1 Å². The van der Waals surface area contributed by atoms with Crippen LogP contribution in [0.1, 0.15) is 44.1 Å². The van der Waals surface area contributed by atoms with Gasteiger partial charge >= 0.3 is 0 Å². The molecule has 1 saturated carbocycles. The largest absolute Gasteiger partial charge is 0.508 e. The first-order valence-electron chi connectivity index (χ1n) is 7.37. The second-order valence-corrected chi connectivity index (χ2v) is 5.71. The summed E-state index contributed by atoms with van der Waals surface area (Å²) in [5.41, 5.74) is 0.982. The van der Waals surface area contributed by atoms with Crippen molar-refractivity contribution in [3.05, 3.63) is 29.8 Å². The van der Waals surface area contributed by atoms with E-state index in [4.69, 9.17) is 0 Å². The third-order valence-electron chi connectivity index (χ3n) is 4.27. The van der Waals surface area contributed by atoms with Crippen molar-refractivity contribution >= 4 is 5.91 Å². The van der Waals surface area contributed by atoms with E-state index in [0.717, 1.165) is 18.4 Å². The van der Waals surface area contributed by atoms with E-state index in [1.807, 2.05) is 19.2 Å². The number of amides is 1. The maximum absolute atomic E-state index is 12.1. The Bertz CT molecular complexity index is 436. The number of carbonyl (C=O) groups is 1. The zero-order valence-corrected chi connectivity index (χ0v) is 12.1. The summed E-state index contributed by atoms with van der Waals surface area (Å²) in [5, 5.41) is 15.5. The van der Waals surface area contributed by atoms with Crippen molar-refractivity contribution in [1.82, 2.24) is 10.6 Å². The first-order chi connectivity index (χ1) is 9.63. The van der Waals surface area contributed by atoms with E-state index in [0.29, 0.717) is 13.0 Å². The topological polar surface area (TPSA) is 61.4 Å². The number of aromatic hydroxyl groups is 1. The summed E-state index contributed by atoms with van der Waals surface area (Å²) in [4.78, 5) is 12.1. The van der Waals surface area contributed by atoms with E-state index in [9.17, 15) is 9.90 Å². The van der Waals surface area contributed by atoms with Crippen LogP contribution in [-0.2, 0) is 11.3 Å². The fraction of sp³-hybridized carbons (Fsp3) is 0.562. The molecule has 20 heavy (non-hydrogen) atoms. The number of rotatable bonds is 5. The highest BCUT2D eigenvalue weighted by Gasteiger charge is 2.32. The quantitative estimate of drug-likeness (QED) is 0.773. The van der Waals surface area contributed by atoms with Gasteiger partial charge in [-0.2, -0.15) is 0 Å². The molecule has 1 aliphatic carbocycles. The fourth-order valence-corrected chi connectivity index (χ4v) is 2.93. The molecule has 0 unspecified atom stereocenters. The molecule has 3 N–H and O–H groups in total. The molecule has 2 rings (SSSR count). The highest BCUT2D eigenvalue weighted by Crippen LogP contribution is 2.30. The van der Waals surface area contributed by atoms with Gasteiger partial charge in [-0.15, -0.1) is 0 Å². The minimum absolute atomic E-state index is 0.0166. The Balaban J connectivity index is 1.83. The molecule has 4 nitrogen and oxygen atoms in total. The molecule has 0 aromatic heterocycles. The fourth-order valence-electron chi connectivity index (χ4n) is 2.93. The molecule has 110 valence electrons. The molecule has 1 amide bonds. The lowest BCUT2D eigenvalue weighted by Gasteiger charge is -2.36. The summed E-state index contributed by atoms with van der Waals surface area (Å²) in [6, 6.07) is 6.92. The van der Waals surface area contributed by atoms with Gasteiger partial charge in [0.1, 0.15) is 5.75 Å². The standard InChI is InChI=1S/C16H24N2O2/c1-17-16(9-3-2-4-10-16)11-15(20)18-12-13-5-7-14(19)8-6-13/h5-8,17,19H,2-4,9-12H2,1H3,(H,18,20). The smallest absolute Gasteiger partial charge is 0.222 e. The van der Waals surface area contributed by atoms with Crippen molar-refractivity contribution in [3.63, 3.8) is 0 Å². The summed E-state index contributed by atoms with van der Waals surface area (Å²) in [6.45, 7) is 0.513. The second kappa shape index (κ2) is 6.75. The lowest BCUT2D eigenvalue weighted by Crippen LogP contribution is -2.48. The lowest BCUT2D eigenvalue weighted by molar-refractivity contribution is -0.123. The summed E-state index contributed by atoms with van der Waals surface area (Å²) >= 11 is 0. The molecule has 0 bridgehead atoms.